The average molecular weight is 214 g/mol. The molecule has 0 aromatic rings. The minimum absolute atomic E-state index is 0.163. The van der Waals surface area contributed by atoms with Crippen LogP contribution < -0.4 is 11.2 Å². The lowest BCUT2D eigenvalue weighted by Crippen LogP contribution is -2.44. The van der Waals surface area contributed by atoms with Crippen LogP contribution in [-0.4, -0.2) is 24.7 Å². The van der Waals surface area contributed by atoms with E-state index in [1.54, 1.807) is 19.3 Å². The lowest BCUT2D eigenvalue weighted by molar-refractivity contribution is -0.192. The highest BCUT2D eigenvalue weighted by Gasteiger charge is 2.28. The van der Waals surface area contributed by atoms with Crippen molar-refractivity contribution < 1.29 is 22.8 Å². The van der Waals surface area contributed by atoms with E-state index in [1.165, 1.54) is 0 Å². The molecule has 1 amide bonds. The molecule has 14 heavy (non-hydrogen) atoms. The normalized spacial score (nSPS) is 14.2. The number of rotatable bonds is 4. The summed E-state index contributed by atoms with van der Waals surface area (Å²) in [6.45, 7) is 1.82. The minimum Gasteiger partial charge on any atom is -0.320 e. The van der Waals surface area contributed by atoms with Gasteiger partial charge in [-0.25, -0.2) is 5.48 Å². The van der Waals surface area contributed by atoms with Gasteiger partial charge in [-0.15, -0.1) is 0 Å². The van der Waals surface area contributed by atoms with Crippen molar-refractivity contribution in [1.82, 2.24) is 5.48 Å². The Hall–Kier alpha value is -0.820. The molecule has 0 saturated carbocycles. The highest BCUT2D eigenvalue weighted by molar-refractivity contribution is 5.80. The quantitative estimate of drug-likeness (QED) is 0.673. The third-order valence-electron chi connectivity index (χ3n) is 1.43. The number of hydroxylamine groups is 1. The summed E-state index contributed by atoms with van der Waals surface area (Å²) in [5, 5.41) is 0. The van der Waals surface area contributed by atoms with Gasteiger partial charge in [-0.05, 0) is 5.92 Å². The summed E-state index contributed by atoms with van der Waals surface area (Å²) >= 11 is 0. The summed E-state index contributed by atoms with van der Waals surface area (Å²) in [5.41, 5.74) is 6.97. The molecule has 0 fully saturated rings. The van der Waals surface area contributed by atoms with Crippen LogP contribution in [0.3, 0.4) is 0 Å². The van der Waals surface area contributed by atoms with Crippen LogP contribution in [-0.2, 0) is 9.63 Å². The summed E-state index contributed by atoms with van der Waals surface area (Å²) in [6.07, 6.45) is -4.46. The molecule has 4 nitrogen and oxygen atoms in total. The Morgan fingerprint density at radius 2 is 2.00 bits per heavy atom. The van der Waals surface area contributed by atoms with Gasteiger partial charge in [0.25, 0.3) is 5.91 Å². The lowest BCUT2D eigenvalue weighted by Gasteiger charge is -2.15. The highest BCUT2D eigenvalue weighted by atomic mass is 19.4. The zero-order chi connectivity index (χ0) is 11.4. The first-order valence-corrected chi connectivity index (χ1v) is 3.98. The molecule has 84 valence electrons. The van der Waals surface area contributed by atoms with E-state index in [0.29, 0.717) is 0 Å². The lowest BCUT2D eigenvalue weighted by atomic mass is 10.1. The van der Waals surface area contributed by atoms with E-state index in [0.717, 1.165) is 0 Å². The molecular formula is C7H13F3N2O2. The van der Waals surface area contributed by atoms with Gasteiger partial charge in [-0.1, -0.05) is 13.8 Å². The first-order chi connectivity index (χ1) is 6.24. The monoisotopic (exact) mass is 214 g/mol. The van der Waals surface area contributed by atoms with Crippen LogP contribution >= 0.6 is 0 Å². The molecule has 0 saturated heterocycles. The topological polar surface area (TPSA) is 64.4 Å². The molecule has 7 heteroatoms. The number of carbonyl (C=O) groups excluding carboxylic acids is 1. The largest absolute Gasteiger partial charge is 0.414 e. The van der Waals surface area contributed by atoms with Crippen LogP contribution in [0, 0.1) is 5.92 Å². The molecule has 3 N–H and O–H groups in total. The van der Waals surface area contributed by atoms with Gasteiger partial charge >= 0.3 is 6.18 Å². The molecular weight excluding hydrogens is 201 g/mol. The van der Waals surface area contributed by atoms with Gasteiger partial charge in [0.15, 0.2) is 6.61 Å². The van der Waals surface area contributed by atoms with Crippen molar-refractivity contribution in [3.63, 3.8) is 0 Å². The molecule has 0 aliphatic heterocycles. The van der Waals surface area contributed by atoms with Crippen LogP contribution in [0.5, 0.6) is 0 Å². The maximum atomic E-state index is 11.6. The van der Waals surface area contributed by atoms with Gasteiger partial charge < -0.3 is 5.73 Å². The summed E-state index contributed by atoms with van der Waals surface area (Å²) in [7, 11) is 0. The Morgan fingerprint density at radius 3 is 2.36 bits per heavy atom. The Kier molecular flexibility index (Phi) is 4.86. The zero-order valence-electron chi connectivity index (χ0n) is 7.89. The molecule has 0 bridgehead atoms. The average Bonchev–Trinajstić information content (AvgIpc) is 2.00. The smallest absolute Gasteiger partial charge is 0.320 e. The molecule has 0 aliphatic rings. The molecule has 0 radical (unpaired) electrons. The van der Waals surface area contributed by atoms with Crippen molar-refractivity contribution in [3.8, 4) is 0 Å². The molecule has 0 rings (SSSR count). The SMILES string of the molecule is CC(C)C(N)C(=O)NOCC(F)(F)F. The minimum atomic E-state index is -4.46. The molecule has 1 unspecified atom stereocenters. The van der Waals surface area contributed by atoms with Crippen LogP contribution in [0.15, 0.2) is 0 Å². The van der Waals surface area contributed by atoms with E-state index in [9.17, 15) is 18.0 Å². The fourth-order valence-corrected chi connectivity index (χ4v) is 0.560. The number of amides is 1. The fraction of sp³-hybridized carbons (Fsp3) is 0.857. The van der Waals surface area contributed by atoms with Crippen LogP contribution in [0.4, 0.5) is 13.2 Å². The van der Waals surface area contributed by atoms with Gasteiger partial charge in [0.05, 0.1) is 6.04 Å². The van der Waals surface area contributed by atoms with E-state index in [-0.39, 0.29) is 5.92 Å². The summed E-state index contributed by atoms with van der Waals surface area (Å²) in [6, 6.07) is -0.872. The second-order valence-electron chi connectivity index (χ2n) is 3.14. The Morgan fingerprint density at radius 1 is 1.50 bits per heavy atom. The Balaban J connectivity index is 3.75. The van der Waals surface area contributed by atoms with E-state index in [2.05, 4.69) is 4.84 Å². The van der Waals surface area contributed by atoms with Crippen LogP contribution in [0.2, 0.25) is 0 Å². The maximum Gasteiger partial charge on any atom is 0.414 e. The predicted molar refractivity (Wildman–Crippen MR) is 43.0 cm³/mol. The van der Waals surface area contributed by atoms with Crippen molar-refractivity contribution in [1.29, 1.82) is 0 Å². The highest BCUT2D eigenvalue weighted by Crippen LogP contribution is 2.13. The van der Waals surface area contributed by atoms with Gasteiger partial charge in [-0.3, -0.25) is 9.63 Å². The third kappa shape index (κ3) is 5.76. The predicted octanol–water partition coefficient (Wildman–Crippen LogP) is 0.580. The molecule has 0 heterocycles. The van der Waals surface area contributed by atoms with E-state index in [1.807, 2.05) is 0 Å². The number of alkyl halides is 3. The van der Waals surface area contributed by atoms with Crippen molar-refractivity contribution in [3.05, 3.63) is 0 Å². The first kappa shape index (κ1) is 13.2. The first-order valence-electron chi connectivity index (χ1n) is 3.98. The number of nitrogens with one attached hydrogen (secondary N) is 1. The van der Waals surface area contributed by atoms with Crippen molar-refractivity contribution in [2.45, 2.75) is 26.1 Å². The standard InChI is InChI=1S/C7H13F3N2O2/c1-4(2)5(11)6(13)12-14-3-7(8,9)10/h4-5H,3,11H2,1-2H3,(H,12,13). The second-order valence-corrected chi connectivity index (χ2v) is 3.14. The third-order valence-corrected chi connectivity index (χ3v) is 1.43. The number of hydrogen-bond acceptors (Lipinski definition) is 3. The van der Waals surface area contributed by atoms with Gasteiger partial charge in [0.2, 0.25) is 0 Å². The Labute approximate surface area is 79.5 Å². The summed E-state index contributed by atoms with van der Waals surface area (Å²) < 4.78 is 34.7. The molecule has 0 aromatic carbocycles. The molecule has 0 aliphatic carbocycles. The molecule has 0 aromatic heterocycles. The van der Waals surface area contributed by atoms with E-state index >= 15 is 0 Å². The number of carbonyl (C=O) groups is 1. The molecule has 1 atom stereocenters. The number of halogens is 3. The van der Waals surface area contributed by atoms with Crippen LogP contribution in [0.1, 0.15) is 13.8 Å². The molecule has 0 spiro atoms. The fourth-order valence-electron chi connectivity index (χ4n) is 0.560. The van der Waals surface area contributed by atoms with Crippen LogP contribution in [0.25, 0.3) is 0 Å². The second kappa shape index (κ2) is 5.16. The van der Waals surface area contributed by atoms with Crippen molar-refractivity contribution in [2.24, 2.45) is 11.7 Å². The maximum absolute atomic E-state index is 11.6. The zero-order valence-corrected chi connectivity index (χ0v) is 7.89. The van der Waals surface area contributed by atoms with Gasteiger partial charge in [-0.2, -0.15) is 13.2 Å². The van der Waals surface area contributed by atoms with E-state index < -0.39 is 24.7 Å². The van der Waals surface area contributed by atoms with Gasteiger partial charge in [0.1, 0.15) is 0 Å². The Bertz CT molecular complexity index is 194. The number of hydrogen-bond donors (Lipinski definition) is 2. The van der Waals surface area contributed by atoms with Gasteiger partial charge in [0, 0.05) is 0 Å². The summed E-state index contributed by atoms with van der Waals surface area (Å²) in [5.74, 6) is -0.922. The van der Waals surface area contributed by atoms with E-state index in [4.69, 9.17) is 5.73 Å². The van der Waals surface area contributed by atoms with Crippen molar-refractivity contribution in [2.75, 3.05) is 6.61 Å². The number of nitrogens with two attached hydrogens (primary N) is 1. The van der Waals surface area contributed by atoms with Crippen molar-refractivity contribution >= 4 is 5.91 Å². The summed E-state index contributed by atoms with van der Waals surface area (Å²) in [4.78, 5) is 14.9.